The average Bonchev–Trinajstić information content (AvgIpc) is 2.61. The van der Waals surface area contributed by atoms with Crippen molar-refractivity contribution in [2.75, 3.05) is 13.2 Å². The number of ether oxygens (including phenoxy) is 1. The largest absolute Gasteiger partial charge is 0.381 e. The fourth-order valence-electron chi connectivity index (χ4n) is 4.15. The molecule has 3 heterocycles. The zero-order valence-electron chi connectivity index (χ0n) is 14.7. The number of rotatable bonds is 2. The van der Waals surface area contributed by atoms with Crippen molar-refractivity contribution in [2.45, 2.75) is 45.1 Å². The number of hydrogen-bond acceptors (Lipinski definition) is 3. The van der Waals surface area contributed by atoms with E-state index in [4.69, 9.17) is 9.73 Å². The summed E-state index contributed by atoms with van der Waals surface area (Å²) >= 11 is 0. The maximum Gasteiger partial charge on any atom is 0.0864 e. The van der Waals surface area contributed by atoms with Crippen LogP contribution in [0, 0.1) is 12.8 Å². The minimum Gasteiger partial charge on any atom is -0.381 e. The van der Waals surface area contributed by atoms with Crippen LogP contribution in [0.15, 0.2) is 47.7 Å². The van der Waals surface area contributed by atoms with Crippen LogP contribution in [0.3, 0.4) is 0 Å². The molecule has 126 valence electrons. The molecule has 4 rings (SSSR count). The number of aliphatic imine (C=N–C) groups is 1. The third kappa shape index (κ3) is 2.71. The van der Waals surface area contributed by atoms with Gasteiger partial charge in [0, 0.05) is 42.8 Å². The summed E-state index contributed by atoms with van der Waals surface area (Å²) in [6.45, 7) is 6.22. The van der Waals surface area contributed by atoms with Gasteiger partial charge in [0.2, 0.25) is 0 Å². The average molecular weight is 322 g/mol. The molecule has 1 atom stereocenters. The summed E-state index contributed by atoms with van der Waals surface area (Å²) in [6, 6.07) is 8.66. The van der Waals surface area contributed by atoms with Crippen molar-refractivity contribution in [3.63, 3.8) is 0 Å². The lowest BCUT2D eigenvalue weighted by atomic mass is 9.76. The monoisotopic (exact) mass is 322 g/mol. The van der Waals surface area contributed by atoms with E-state index in [1.807, 2.05) is 0 Å². The van der Waals surface area contributed by atoms with E-state index in [2.05, 4.69) is 61.5 Å². The molecular weight excluding hydrogens is 296 g/mol. The van der Waals surface area contributed by atoms with Gasteiger partial charge in [-0.25, -0.2) is 0 Å². The highest BCUT2D eigenvalue weighted by atomic mass is 16.5. The molecule has 3 aliphatic rings. The SMILES string of the molecule is Cc1cccc(C2=CN3C=CCCC3(C)C(C3CCOCC3)=N2)c1. The molecule has 3 heteroatoms. The first kappa shape index (κ1) is 15.6. The smallest absolute Gasteiger partial charge is 0.0864 e. The number of fused-ring (bicyclic) bond motifs is 1. The molecule has 1 saturated heterocycles. The van der Waals surface area contributed by atoms with E-state index in [0.29, 0.717) is 5.92 Å². The Morgan fingerprint density at radius 3 is 2.88 bits per heavy atom. The second kappa shape index (κ2) is 6.21. The summed E-state index contributed by atoms with van der Waals surface area (Å²) in [5, 5.41) is 0. The van der Waals surface area contributed by atoms with Crippen molar-refractivity contribution in [1.82, 2.24) is 4.90 Å². The first-order chi connectivity index (χ1) is 11.7. The molecule has 3 nitrogen and oxygen atoms in total. The maximum absolute atomic E-state index is 5.59. The van der Waals surface area contributed by atoms with Gasteiger partial charge in [-0.05, 0) is 45.6 Å². The number of benzene rings is 1. The number of allylic oxidation sites excluding steroid dienone is 1. The molecule has 0 aromatic heterocycles. The van der Waals surface area contributed by atoms with Crippen LogP contribution in [0.2, 0.25) is 0 Å². The fraction of sp³-hybridized carbons (Fsp3) is 0.476. The van der Waals surface area contributed by atoms with Gasteiger partial charge >= 0.3 is 0 Å². The van der Waals surface area contributed by atoms with Crippen molar-refractivity contribution in [3.8, 4) is 0 Å². The van der Waals surface area contributed by atoms with Gasteiger partial charge in [-0.15, -0.1) is 0 Å². The Morgan fingerprint density at radius 1 is 1.25 bits per heavy atom. The molecule has 0 amide bonds. The van der Waals surface area contributed by atoms with Crippen molar-refractivity contribution in [3.05, 3.63) is 53.9 Å². The molecule has 0 bridgehead atoms. The van der Waals surface area contributed by atoms with Gasteiger partial charge < -0.3 is 9.64 Å². The standard InChI is InChI=1S/C21H26N2O/c1-16-6-5-7-18(14-16)19-15-23-11-4-3-10-21(23,2)20(22-19)17-8-12-24-13-9-17/h4-7,11,14-15,17H,3,8-10,12-13H2,1-2H3. The third-order valence-corrected chi connectivity index (χ3v) is 5.61. The van der Waals surface area contributed by atoms with E-state index in [-0.39, 0.29) is 5.54 Å². The van der Waals surface area contributed by atoms with E-state index >= 15 is 0 Å². The normalized spacial score (nSPS) is 27.5. The zero-order chi connectivity index (χ0) is 16.6. The fourth-order valence-corrected chi connectivity index (χ4v) is 4.15. The summed E-state index contributed by atoms with van der Waals surface area (Å²) in [5.41, 5.74) is 4.95. The van der Waals surface area contributed by atoms with Crippen molar-refractivity contribution in [1.29, 1.82) is 0 Å². The molecule has 0 N–H and O–H groups in total. The number of aryl methyl sites for hydroxylation is 1. The predicted octanol–water partition coefficient (Wildman–Crippen LogP) is 4.54. The van der Waals surface area contributed by atoms with Crippen LogP contribution < -0.4 is 0 Å². The summed E-state index contributed by atoms with van der Waals surface area (Å²) in [4.78, 5) is 7.61. The van der Waals surface area contributed by atoms with Gasteiger partial charge in [0.05, 0.1) is 11.2 Å². The molecule has 0 spiro atoms. The van der Waals surface area contributed by atoms with Gasteiger partial charge in [-0.1, -0.05) is 29.8 Å². The Balaban J connectivity index is 1.78. The van der Waals surface area contributed by atoms with Gasteiger partial charge in [-0.3, -0.25) is 4.99 Å². The highest BCUT2D eigenvalue weighted by Crippen LogP contribution is 2.39. The number of hydrogen-bond donors (Lipinski definition) is 0. The topological polar surface area (TPSA) is 24.8 Å². The lowest BCUT2D eigenvalue weighted by Gasteiger charge is -2.47. The molecule has 3 aliphatic heterocycles. The van der Waals surface area contributed by atoms with Crippen LogP contribution in [0.25, 0.3) is 5.70 Å². The first-order valence-electron chi connectivity index (χ1n) is 9.07. The van der Waals surface area contributed by atoms with E-state index in [0.717, 1.165) is 44.6 Å². The van der Waals surface area contributed by atoms with Crippen molar-refractivity contribution >= 4 is 11.4 Å². The van der Waals surface area contributed by atoms with Gasteiger partial charge in [-0.2, -0.15) is 0 Å². The second-order valence-electron chi connectivity index (χ2n) is 7.37. The van der Waals surface area contributed by atoms with E-state index in [1.165, 1.54) is 16.8 Å². The molecule has 1 fully saturated rings. The Bertz CT molecular complexity index is 712. The minimum atomic E-state index is 0.0179. The van der Waals surface area contributed by atoms with Crippen LogP contribution in [0.5, 0.6) is 0 Å². The molecule has 1 aromatic carbocycles. The highest BCUT2D eigenvalue weighted by molar-refractivity contribution is 6.00. The maximum atomic E-state index is 5.59. The predicted molar refractivity (Wildman–Crippen MR) is 98.8 cm³/mol. The number of nitrogens with zero attached hydrogens (tertiary/aromatic N) is 2. The van der Waals surface area contributed by atoms with E-state index in [9.17, 15) is 0 Å². The first-order valence-corrected chi connectivity index (χ1v) is 9.07. The quantitative estimate of drug-likeness (QED) is 0.798. The van der Waals surface area contributed by atoms with Crippen LogP contribution in [-0.4, -0.2) is 29.4 Å². The van der Waals surface area contributed by atoms with Gasteiger partial charge in [0.1, 0.15) is 0 Å². The summed E-state index contributed by atoms with van der Waals surface area (Å²) in [5.74, 6) is 0.534. The third-order valence-electron chi connectivity index (χ3n) is 5.61. The van der Waals surface area contributed by atoms with Crippen molar-refractivity contribution in [2.24, 2.45) is 10.9 Å². The van der Waals surface area contributed by atoms with Crippen molar-refractivity contribution < 1.29 is 4.74 Å². The van der Waals surface area contributed by atoms with Crippen LogP contribution in [0.4, 0.5) is 0 Å². The molecule has 1 unspecified atom stereocenters. The molecule has 0 aliphatic carbocycles. The highest BCUT2D eigenvalue weighted by Gasteiger charge is 2.42. The molecular formula is C21H26N2O. The molecule has 0 radical (unpaired) electrons. The summed E-state index contributed by atoms with van der Waals surface area (Å²) in [6.07, 6.45) is 11.2. The van der Waals surface area contributed by atoms with Crippen LogP contribution >= 0.6 is 0 Å². The van der Waals surface area contributed by atoms with E-state index in [1.54, 1.807) is 0 Å². The summed E-state index contributed by atoms with van der Waals surface area (Å²) in [7, 11) is 0. The Hall–Kier alpha value is -1.87. The molecule has 24 heavy (non-hydrogen) atoms. The molecule has 1 aromatic rings. The van der Waals surface area contributed by atoms with Gasteiger partial charge in [0.15, 0.2) is 0 Å². The van der Waals surface area contributed by atoms with Crippen LogP contribution in [0.1, 0.15) is 43.7 Å². The Kier molecular flexibility index (Phi) is 4.05. The summed E-state index contributed by atoms with van der Waals surface area (Å²) < 4.78 is 5.59. The Morgan fingerprint density at radius 2 is 2.08 bits per heavy atom. The molecule has 0 saturated carbocycles. The Labute approximate surface area is 144 Å². The van der Waals surface area contributed by atoms with Crippen LogP contribution in [-0.2, 0) is 4.74 Å². The lowest BCUT2D eigenvalue weighted by molar-refractivity contribution is 0.0795. The lowest BCUT2D eigenvalue weighted by Crippen LogP contribution is -2.53. The second-order valence-corrected chi connectivity index (χ2v) is 7.37. The van der Waals surface area contributed by atoms with E-state index < -0.39 is 0 Å². The zero-order valence-corrected chi connectivity index (χ0v) is 14.7. The minimum absolute atomic E-state index is 0.0179. The van der Waals surface area contributed by atoms with Gasteiger partial charge in [0.25, 0.3) is 0 Å².